The number of alkyl halides is 4. The Balaban J connectivity index is 2.37. The Bertz CT molecular complexity index is 658. The lowest BCUT2D eigenvalue weighted by Gasteiger charge is -2.14. The smallest absolute Gasteiger partial charge is 0.416 e. The molecule has 21 heavy (non-hydrogen) atoms. The third kappa shape index (κ3) is 3.89. The first-order valence-corrected chi connectivity index (χ1v) is 7.20. The van der Waals surface area contributed by atoms with Gasteiger partial charge < -0.3 is 4.74 Å². The monoisotopic (exact) mass is 382 g/mol. The Kier molecular flexibility index (Phi) is 4.78. The highest BCUT2D eigenvalue weighted by Gasteiger charge is 2.33. The van der Waals surface area contributed by atoms with Crippen molar-refractivity contribution in [3.8, 4) is 11.5 Å². The summed E-state index contributed by atoms with van der Waals surface area (Å²) in [5, 5.41) is 0.0486. The van der Waals surface area contributed by atoms with E-state index in [1.807, 2.05) is 0 Å². The van der Waals surface area contributed by atoms with Crippen molar-refractivity contribution in [1.82, 2.24) is 0 Å². The molecule has 0 unspecified atom stereocenters. The van der Waals surface area contributed by atoms with Crippen molar-refractivity contribution in [3.63, 3.8) is 0 Å². The molecule has 1 nitrogen and oxygen atoms in total. The van der Waals surface area contributed by atoms with Gasteiger partial charge >= 0.3 is 6.18 Å². The van der Waals surface area contributed by atoms with E-state index in [1.54, 1.807) is 0 Å². The molecule has 0 aliphatic rings. The minimum Gasteiger partial charge on any atom is -0.456 e. The highest BCUT2D eigenvalue weighted by molar-refractivity contribution is 9.08. The summed E-state index contributed by atoms with van der Waals surface area (Å²) in [4.78, 5) is 0. The first-order chi connectivity index (χ1) is 9.81. The van der Waals surface area contributed by atoms with E-state index in [0.29, 0.717) is 0 Å². The van der Waals surface area contributed by atoms with Crippen molar-refractivity contribution in [2.75, 3.05) is 0 Å². The van der Waals surface area contributed by atoms with Gasteiger partial charge in [-0.05, 0) is 35.9 Å². The summed E-state index contributed by atoms with van der Waals surface area (Å²) in [6.07, 6.45) is -4.49. The van der Waals surface area contributed by atoms with Crippen molar-refractivity contribution in [1.29, 1.82) is 0 Å². The molecule has 0 radical (unpaired) electrons. The van der Waals surface area contributed by atoms with E-state index in [1.165, 1.54) is 18.2 Å². The van der Waals surface area contributed by atoms with Crippen LogP contribution in [-0.2, 0) is 11.5 Å². The van der Waals surface area contributed by atoms with Gasteiger partial charge in [0.2, 0.25) is 0 Å². The normalized spacial score (nSPS) is 11.5. The van der Waals surface area contributed by atoms with Crippen LogP contribution in [-0.4, -0.2) is 0 Å². The minimum absolute atomic E-state index is 0.0203. The standard InChI is InChI=1S/C14H8BrClF4O/c15-7-8-1-3-10(6-11(8)14(18,19)20)21-13-4-2-9(17)5-12(13)16/h1-6H,7H2. The fourth-order valence-corrected chi connectivity index (χ4v) is 2.38. The molecular formula is C14H8BrClF4O. The van der Waals surface area contributed by atoms with Crippen LogP contribution in [0.5, 0.6) is 11.5 Å². The molecular weight excluding hydrogens is 376 g/mol. The average Bonchev–Trinajstić information content (AvgIpc) is 2.41. The number of halogens is 6. The third-order valence-corrected chi connectivity index (χ3v) is 3.55. The van der Waals surface area contributed by atoms with E-state index >= 15 is 0 Å². The number of hydrogen-bond donors (Lipinski definition) is 0. The molecule has 0 aliphatic carbocycles. The second-order valence-corrected chi connectivity index (χ2v) is 5.10. The maximum Gasteiger partial charge on any atom is 0.416 e. The lowest BCUT2D eigenvalue weighted by atomic mass is 10.1. The van der Waals surface area contributed by atoms with Gasteiger partial charge in [0.15, 0.2) is 0 Å². The fraction of sp³-hybridized carbons (Fsp3) is 0.143. The summed E-state index contributed by atoms with van der Waals surface area (Å²) in [6.45, 7) is 0. The highest BCUT2D eigenvalue weighted by atomic mass is 79.9. The largest absolute Gasteiger partial charge is 0.456 e. The Morgan fingerprint density at radius 2 is 1.81 bits per heavy atom. The molecule has 0 bridgehead atoms. The van der Waals surface area contributed by atoms with Gasteiger partial charge in [-0.25, -0.2) is 4.39 Å². The number of ether oxygens (including phenoxy) is 1. The first kappa shape index (κ1) is 16.1. The van der Waals surface area contributed by atoms with E-state index in [9.17, 15) is 17.6 Å². The predicted molar refractivity (Wildman–Crippen MR) is 75.6 cm³/mol. The first-order valence-electron chi connectivity index (χ1n) is 5.70. The summed E-state index contributed by atoms with van der Waals surface area (Å²) in [7, 11) is 0. The number of hydrogen-bond acceptors (Lipinski definition) is 1. The second-order valence-electron chi connectivity index (χ2n) is 4.13. The van der Waals surface area contributed by atoms with Crippen LogP contribution in [0, 0.1) is 5.82 Å². The maximum absolute atomic E-state index is 12.9. The SMILES string of the molecule is Fc1ccc(Oc2ccc(CBr)c(C(F)(F)F)c2)c(Cl)c1. The maximum atomic E-state index is 12.9. The summed E-state index contributed by atoms with van der Waals surface area (Å²) >= 11 is 8.78. The van der Waals surface area contributed by atoms with Crippen LogP contribution in [0.3, 0.4) is 0 Å². The van der Waals surface area contributed by atoms with Gasteiger partial charge in [-0.3, -0.25) is 0 Å². The average molecular weight is 384 g/mol. The van der Waals surface area contributed by atoms with Gasteiger partial charge in [-0.1, -0.05) is 33.6 Å². The predicted octanol–water partition coefficient (Wildman–Crippen LogP) is 6.19. The molecule has 0 N–H and O–H groups in total. The Labute approximate surface area is 131 Å². The van der Waals surface area contributed by atoms with Gasteiger partial charge in [0.25, 0.3) is 0 Å². The molecule has 7 heteroatoms. The zero-order chi connectivity index (χ0) is 15.6. The van der Waals surface area contributed by atoms with E-state index in [4.69, 9.17) is 16.3 Å². The van der Waals surface area contributed by atoms with Crippen molar-refractivity contribution < 1.29 is 22.3 Å². The summed E-state index contributed by atoms with van der Waals surface area (Å²) in [6, 6.07) is 6.97. The quantitative estimate of drug-likeness (QED) is 0.454. The van der Waals surface area contributed by atoms with Crippen LogP contribution < -0.4 is 4.74 Å². The van der Waals surface area contributed by atoms with E-state index in [2.05, 4.69) is 15.9 Å². The zero-order valence-electron chi connectivity index (χ0n) is 10.3. The second kappa shape index (κ2) is 6.23. The summed E-state index contributed by atoms with van der Waals surface area (Å²) in [5.41, 5.74) is -0.699. The molecule has 2 aromatic carbocycles. The van der Waals surface area contributed by atoms with E-state index in [-0.39, 0.29) is 27.4 Å². The highest BCUT2D eigenvalue weighted by Crippen LogP contribution is 2.37. The van der Waals surface area contributed by atoms with Crippen molar-refractivity contribution in [2.45, 2.75) is 11.5 Å². The fourth-order valence-electron chi connectivity index (χ4n) is 1.68. The summed E-state index contributed by atoms with van der Waals surface area (Å²) < 4.78 is 57.0. The lowest BCUT2D eigenvalue weighted by Crippen LogP contribution is -2.08. The van der Waals surface area contributed by atoms with Crippen LogP contribution in [0.25, 0.3) is 0 Å². The van der Waals surface area contributed by atoms with Crippen LogP contribution in [0.4, 0.5) is 17.6 Å². The van der Waals surface area contributed by atoms with Crippen LogP contribution >= 0.6 is 27.5 Å². The molecule has 2 aromatic rings. The van der Waals surface area contributed by atoms with Crippen LogP contribution in [0.15, 0.2) is 36.4 Å². The molecule has 0 spiro atoms. The molecule has 2 rings (SSSR count). The van der Waals surface area contributed by atoms with Crippen molar-refractivity contribution in [2.24, 2.45) is 0 Å². The Hall–Kier alpha value is -1.27. The van der Waals surface area contributed by atoms with Crippen molar-refractivity contribution in [3.05, 3.63) is 58.4 Å². The zero-order valence-corrected chi connectivity index (χ0v) is 12.7. The van der Waals surface area contributed by atoms with Crippen molar-refractivity contribution >= 4 is 27.5 Å². The van der Waals surface area contributed by atoms with Gasteiger partial charge in [-0.15, -0.1) is 0 Å². The third-order valence-electron chi connectivity index (χ3n) is 2.65. The molecule has 0 aliphatic heterocycles. The molecule has 0 amide bonds. The molecule has 0 saturated carbocycles. The van der Waals surface area contributed by atoms with Gasteiger partial charge in [-0.2, -0.15) is 13.2 Å². The molecule has 0 heterocycles. The van der Waals surface area contributed by atoms with E-state index in [0.717, 1.165) is 18.2 Å². The number of benzene rings is 2. The lowest BCUT2D eigenvalue weighted by molar-refractivity contribution is -0.138. The van der Waals surface area contributed by atoms with Crippen LogP contribution in [0.1, 0.15) is 11.1 Å². The Morgan fingerprint density at radius 1 is 1.10 bits per heavy atom. The van der Waals surface area contributed by atoms with E-state index < -0.39 is 17.6 Å². The van der Waals surface area contributed by atoms with Gasteiger partial charge in [0, 0.05) is 5.33 Å². The molecule has 0 fully saturated rings. The van der Waals surface area contributed by atoms with Gasteiger partial charge in [0.1, 0.15) is 17.3 Å². The molecule has 0 atom stereocenters. The number of rotatable bonds is 3. The van der Waals surface area contributed by atoms with Gasteiger partial charge in [0.05, 0.1) is 10.6 Å². The minimum atomic E-state index is -4.49. The Morgan fingerprint density at radius 3 is 2.38 bits per heavy atom. The molecule has 112 valence electrons. The topological polar surface area (TPSA) is 9.23 Å². The molecule has 0 saturated heterocycles. The van der Waals surface area contributed by atoms with Crippen LogP contribution in [0.2, 0.25) is 5.02 Å². The molecule has 0 aromatic heterocycles. The summed E-state index contributed by atoms with van der Waals surface area (Å²) in [5.74, 6) is -0.503.